The normalized spacial score (nSPS) is 11.9. The molecule has 1 aromatic heterocycles. The standard InChI is InChI=1S/C23H19BrN4O2S/c1-2-30-18-10-8-17(9-11-18)26-22(23-27-19-5-3-4-6-21(19)31-23)28-25-14-15-13-16(24)7-12-20(15)29/h3-14,29H,2H2,1H3,(H,26,28)/b25-14+. The number of rotatable bonds is 6. The second-order valence-electron chi connectivity index (χ2n) is 6.45. The highest BCUT2D eigenvalue weighted by Gasteiger charge is 2.11. The van der Waals surface area contributed by atoms with Crippen LogP contribution in [0.15, 0.2) is 81.3 Å². The number of fused-ring (bicyclic) bond motifs is 1. The summed E-state index contributed by atoms with van der Waals surface area (Å²) >= 11 is 4.93. The fourth-order valence-electron chi connectivity index (χ4n) is 2.80. The molecule has 0 unspecified atom stereocenters. The molecule has 2 N–H and O–H groups in total. The van der Waals surface area contributed by atoms with Crippen molar-refractivity contribution in [2.45, 2.75) is 6.92 Å². The maximum Gasteiger partial charge on any atom is 0.183 e. The van der Waals surface area contributed by atoms with Gasteiger partial charge >= 0.3 is 0 Å². The summed E-state index contributed by atoms with van der Waals surface area (Å²) < 4.78 is 7.41. The number of hydrogen-bond acceptors (Lipinski definition) is 6. The predicted octanol–water partition coefficient (Wildman–Crippen LogP) is 5.87. The van der Waals surface area contributed by atoms with Crippen LogP contribution < -0.4 is 10.2 Å². The van der Waals surface area contributed by atoms with Crippen LogP contribution in [-0.4, -0.2) is 28.7 Å². The van der Waals surface area contributed by atoms with E-state index in [-0.39, 0.29) is 5.75 Å². The molecule has 6 nitrogen and oxygen atoms in total. The Labute approximate surface area is 192 Å². The minimum Gasteiger partial charge on any atom is -0.507 e. The highest BCUT2D eigenvalue weighted by atomic mass is 79.9. The van der Waals surface area contributed by atoms with E-state index in [0.29, 0.717) is 23.0 Å². The number of ether oxygens (including phenoxy) is 1. The quantitative estimate of drug-likeness (QED) is 0.199. The Kier molecular flexibility index (Phi) is 6.59. The number of halogens is 1. The van der Waals surface area contributed by atoms with Gasteiger partial charge in [-0.25, -0.2) is 9.98 Å². The number of nitrogens with zero attached hydrogens (tertiary/aromatic N) is 3. The van der Waals surface area contributed by atoms with Crippen LogP contribution in [0.4, 0.5) is 5.69 Å². The predicted molar refractivity (Wildman–Crippen MR) is 130 cm³/mol. The first kappa shape index (κ1) is 21.0. The second-order valence-corrected chi connectivity index (χ2v) is 8.39. The van der Waals surface area contributed by atoms with Crippen LogP contribution >= 0.6 is 27.3 Å². The Morgan fingerprint density at radius 1 is 1.16 bits per heavy atom. The summed E-state index contributed by atoms with van der Waals surface area (Å²) in [5.74, 6) is 1.44. The lowest BCUT2D eigenvalue weighted by Crippen LogP contribution is -2.18. The third-order valence-electron chi connectivity index (χ3n) is 4.25. The van der Waals surface area contributed by atoms with E-state index in [0.717, 1.165) is 26.1 Å². The molecule has 8 heteroatoms. The number of thiazole rings is 1. The van der Waals surface area contributed by atoms with Crippen molar-refractivity contribution in [1.29, 1.82) is 0 Å². The van der Waals surface area contributed by atoms with Crippen molar-refractivity contribution in [1.82, 2.24) is 10.4 Å². The molecule has 31 heavy (non-hydrogen) atoms. The molecular weight excluding hydrogens is 476 g/mol. The number of aromatic nitrogens is 1. The van der Waals surface area contributed by atoms with E-state index < -0.39 is 0 Å². The molecule has 156 valence electrons. The molecule has 3 aromatic carbocycles. The summed E-state index contributed by atoms with van der Waals surface area (Å²) in [5, 5.41) is 15.0. The monoisotopic (exact) mass is 494 g/mol. The fourth-order valence-corrected chi connectivity index (χ4v) is 4.08. The molecule has 0 saturated carbocycles. The molecule has 0 aliphatic rings. The molecule has 0 fully saturated rings. The SMILES string of the molecule is CCOc1ccc(N=C(N/N=C/c2cc(Br)ccc2O)c2nc3ccccc3s2)cc1. The van der Waals surface area contributed by atoms with Gasteiger partial charge in [0.15, 0.2) is 10.8 Å². The molecule has 4 aromatic rings. The van der Waals surface area contributed by atoms with Gasteiger partial charge in [-0.05, 0) is 61.5 Å². The molecule has 0 radical (unpaired) electrons. The van der Waals surface area contributed by atoms with Crippen LogP contribution in [0, 0.1) is 0 Å². The number of hydrogen-bond donors (Lipinski definition) is 2. The van der Waals surface area contributed by atoms with Gasteiger partial charge in [0.25, 0.3) is 0 Å². The van der Waals surface area contributed by atoms with Crippen molar-refractivity contribution in [3.63, 3.8) is 0 Å². The third-order valence-corrected chi connectivity index (χ3v) is 5.79. The molecular formula is C23H19BrN4O2S. The van der Waals surface area contributed by atoms with Crippen LogP contribution in [0.25, 0.3) is 10.2 Å². The first-order valence-corrected chi connectivity index (χ1v) is 11.2. The van der Waals surface area contributed by atoms with Gasteiger partial charge < -0.3 is 9.84 Å². The summed E-state index contributed by atoms with van der Waals surface area (Å²) in [6, 6.07) is 20.6. The number of amidine groups is 1. The average Bonchev–Trinajstić information content (AvgIpc) is 3.21. The van der Waals surface area contributed by atoms with Crippen molar-refractivity contribution in [3.05, 3.63) is 81.8 Å². The molecule has 0 spiro atoms. The molecule has 0 bridgehead atoms. The number of benzene rings is 3. The number of aliphatic imine (C=N–C) groups is 1. The zero-order valence-corrected chi connectivity index (χ0v) is 19.0. The smallest absolute Gasteiger partial charge is 0.183 e. The first-order chi connectivity index (χ1) is 15.1. The van der Waals surface area contributed by atoms with Gasteiger partial charge in [-0.2, -0.15) is 5.10 Å². The van der Waals surface area contributed by atoms with E-state index in [1.54, 1.807) is 24.4 Å². The summed E-state index contributed by atoms with van der Waals surface area (Å²) in [5.41, 5.74) is 5.21. The number of phenolic OH excluding ortho intramolecular Hbond substituents is 1. The Balaban J connectivity index is 1.66. The number of para-hydroxylation sites is 1. The Bertz CT molecular complexity index is 1220. The maximum absolute atomic E-state index is 10.0. The Morgan fingerprint density at radius 3 is 2.74 bits per heavy atom. The molecule has 0 amide bonds. The topological polar surface area (TPSA) is 79.1 Å². The van der Waals surface area contributed by atoms with E-state index in [1.807, 2.05) is 55.5 Å². The maximum atomic E-state index is 10.0. The van der Waals surface area contributed by atoms with Gasteiger partial charge in [0.1, 0.15) is 11.5 Å². The van der Waals surface area contributed by atoms with Gasteiger partial charge in [-0.3, -0.25) is 5.43 Å². The van der Waals surface area contributed by atoms with E-state index in [2.05, 4.69) is 31.4 Å². The zero-order valence-electron chi connectivity index (χ0n) is 16.6. The van der Waals surface area contributed by atoms with Crippen molar-refractivity contribution in [2.24, 2.45) is 10.1 Å². The van der Waals surface area contributed by atoms with Crippen molar-refractivity contribution < 1.29 is 9.84 Å². The highest BCUT2D eigenvalue weighted by Crippen LogP contribution is 2.24. The molecule has 4 rings (SSSR count). The molecule has 1 heterocycles. The van der Waals surface area contributed by atoms with Gasteiger partial charge in [-0.15, -0.1) is 11.3 Å². The first-order valence-electron chi connectivity index (χ1n) is 9.57. The van der Waals surface area contributed by atoms with Crippen LogP contribution in [0.2, 0.25) is 0 Å². The van der Waals surface area contributed by atoms with Crippen LogP contribution in [0.3, 0.4) is 0 Å². The van der Waals surface area contributed by atoms with E-state index in [9.17, 15) is 5.11 Å². The average molecular weight is 495 g/mol. The molecule has 0 atom stereocenters. The van der Waals surface area contributed by atoms with Gasteiger partial charge in [0.2, 0.25) is 0 Å². The van der Waals surface area contributed by atoms with Crippen molar-refractivity contribution in [2.75, 3.05) is 6.61 Å². The van der Waals surface area contributed by atoms with E-state index in [4.69, 9.17) is 9.73 Å². The number of aromatic hydroxyl groups is 1. The third kappa shape index (κ3) is 5.28. The summed E-state index contributed by atoms with van der Waals surface area (Å²) in [7, 11) is 0. The minimum absolute atomic E-state index is 0.138. The summed E-state index contributed by atoms with van der Waals surface area (Å²) in [6.45, 7) is 2.56. The largest absolute Gasteiger partial charge is 0.507 e. The van der Waals surface area contributed by atoms with Gasteiger partial charge in [0, 0.05) is 10.0 Å². The zero-order chi connectivity index (χ0) is 21.6. The van der Waals surface area contributed by atoms with E-state index >= 15 is 0 Å². The Morgan fingerprint density at radius 2 is 1.97 bits per heavy atom. The van der Waals surface area contributed by atoms with Gasteiger partial charge in [0.05, 0.1) is 28.7 Å². The number of phenols is 1. The molecule has 0 aliphatic carbocycles. The van der Waals surface area contributed by atoms with Crippen LogP contribution in [-0.2, 0) is 0 Å². The lowest BCUT2D eigenvalue weighted by Gasteiger charge is -2.05. The summed E-state index contributed by atoms with van der Waals surface area (Å²) in [4.78, 5) is 9.39. The summed E-state index contributed by atoms with van der Waals surface area (Å²) in [6.07, 6.45) is 1.54. The van der Waals surface area contributed by atoms with Crippen LogP contribution in [0.5, 0.6) is 11.5 Å². The fraction of sp³-hybridized carbons (Fsp3) is 0.0870. The number of nitrogens with one attached hydrogen (secondary N) is 1. The second kappa shape index (κ2) is 9.72. The van der Waals surface area contributed by atoms with Crippen molar-refractivity contribution in [3.8, 4) is 11.5 Å². The van der Waals surface area contributed by atoms with E-state index in [1.165, 1.54) is 11.3 Å². The highest BCUT2D eigenvalue weighted by molar-refractivity contribution is 9.10. The van der Waals surface area contributed by atoms with Crippen LogP contribution in [0.1, 0.15) is 17.5 Å². The van der Waals surface area contributed by atoms with Gasteiger partial charge in [-0.1, -0.05) is 28.1 Å². The minimum atomic E-state index is 0.138. The lowest BCUT2D eigenvalue weighted by molar-refractivity contribution is 0.340. The molecule has 0 saturated heterocycles. The van der Waals surface area contributed by atoms with Crippen molar-refractivity contribution >= 4 is 55.2 Å². The lowest BCUT2D eigenvalue weighted by atomic mass is 10.2. The Hall–Kier alpha value is -3.23. The number of hydrazone groups is 1. The molecule has 0 aliphatic heterocycles.